The Morgan fingerprint density at radius 2 is 1.64 bits per heavy atom. The van der Waals surface area contributed by atoms with Gasteiger partial charge < -0.3 is 35.8 Å². The Hall–Kier alpha value is -3.64. The molecule has 1 aromatic heterocycles. The fourth-order valence-corrected chi connectivity index (χ4v) is 6.47. The van der Waals surface area contributed by atoms with E-state index in [0.29, 0.717) is 42.9 Å². The predicted molar refractivity (Wildman–Crippen MR) is 178 cm³/mol. The van der Waals surface area contributed by atoms with E-state index in [9.17, 15) is 9.59 Å². The molecule has 0 saturated carbocycles. The lowest BCUT2D eigenvalue weighted by Crippen LogP contribution is -2.52. The zero-order chi connectivity index (χ0) is 32.1. The number of likely N-dealkylation sites (tertiary alicyclic amines) is 2. The Bertz CT molecular complexity index is 1310. The number of primary amides is 1. The zero-order valence-corrected chi connectivity index (χ0v) is 27.6. The number of benzene rings is 1. The highest BCUT2D eigenvalue weighted by Gasteiger charge is 2.29. The quantitative estimate of drug-likeness (QED) is 0.399. The van der Waals surface area contributed by atoms with E-state index < -0.39 is 11.5 Å². The fourth-order valence-electron chi connectivity index (χ4n) is 6.47. The number of carbonyl (C=O) groups is 2. The predicted octanol–water partition coefficient (Wildman–Crippen LogP) is 3.91. The van der Waals surface area contributed by atoms with E-state index in [1.165, 1.54) is 31.6 Å². The average molecular weight is 622 g/mol. The van der Waals surface area contributed by atoms with E-state index >= 15 is 0 Å². The van der Waals surface area contributed by atoms with Gasteiger partial charge in [-0.05, 0) is 97.3 Å². The van der Waals surface area contributed by atoms with Crippen LogP contribution >= 0.6 is 0 Å². The van der Waals surface area contributed by atoms with Crippen molar-refractivity contribution in [3.8, 4) is 0 Å². The third kappa shape index (κ3) is 8.55. The highest BCUT2D eigenvalue weighted by atomic mass is 16.6. The smallest absolute Gasteiger partial charge is 0.410 e. The molecule has 0 radical (unpaired) electrons. The summed E-state index contributed by atoms with van der Waals surface area (Å²) in [5, 5.41) is 6.78. The molecule has 0 spiro atoms. The van der Waals surface area contributed by atoms with Gasteiger partial charge in [-0.3, -0.25) is 9.69 Å². The van der Waals surface area contributed by atoms with Crippen molar-refractivity contribution in [2.24, 2.45) is 5.73 Å². The molecular formula is C33H51N9O3. The number of aryl methyl sites for hydroxylation is 1. The van der Waals surface area contributed by atoms with Gasteiger partial charge in [0.05, 0.1) is 5.69 Å². The number of nitrogens with two attached hydrogens (primary N) is 1. The largest absolute Gasteiger partial charge is 0.444 e. The number of amides is 2. The van der Waals surface area contributed by atoms with Gasteiger partial charge in [0.25, 0.3) is 5.91 Å². The number of carbonyl (C=O) groups excluding carboxylic acids is 2. The van der Waals surface area contributed by atoms with Crippen molar-refractivity contribution in [3.05, 3.63) is 35.7 Å². The van der Waals surface area contributed by atoms with Crippen LogP contribution in [0.25, 0.3) is 0 Å². The summed E-state index contributed by atoms with van der Waals surface area (Å²) in [6.45, 7) is 15.3. The number of nitrogens with one attached hydrogen (secondary N) is 2. The second-order valence-electron chi connectivity index (χ2n) is 13.6. The van der Waals surface area contributed by atoms with Crippen LogP contribution in [-0.4, -0.2) is 114 Å². The third-order valence-corrected chi connectivity index (χ3v) is 8.96. The molecule has 0 bridgehead atoms. The van der Waals surface area contributed by atoms with Crippen LogP contribution in [0.2, 0.25) is 0 Å². The van der Waals surface area contributed by atoms with Crippen molar-refractivity contribution in [3.63, 3.8) is 0 Å². The van der Waals surface area contributed by atoms with E-state index in [0.717, 1.165) is 44.7 Å². The zero-order valence-electron chi connectivity index (χ0n) is 27.6. The van der Waals surface area contributed by atoms with E-state index in [2.05, 4.69) is 49.5 Å². The van der Waals surface area contributed by atoms with Crippen LogP contribution in [0.15, 0.2) is 24.3 Å². The SMILES string of the molecule is CCc1nc(C(N)=O)c(Nc2ccc(N3CCN(C4CCN(C)CC4)CC3)cc2)nc1N[C@@H]1CCCN(C(=O)OC(C)(C)C)C1. The molecule has 45 heavy (non-hydrogen) atoms. The lowest BCUT2D eigenvalue weighted by molar-refractivity contribution is 0.0206. The van der Waals surface area contributed by atoms with E-state index in [-0.39, 0.29) is 17.8 Å². The van der Waals surface area contributed by atoms with Crippen molar-refractivity contribution in [2.75, 3.05) is 74.9 Å². The molecule has 2 amide bonds. The number of rotatable bonds is 8. The molecule has 0 aliphatic carbocycles. The molecule has 3 saturated heterocycles. The summed E-state index contributed by atoms with van der Waals surface area (Å²) < 4.78 is 5.59. The molecular weight excluding hydrogens is 570 g/mol. The number of nitrogens with zero attached hydrogens (tertiary/aromatic N) is 6. The van der Waals surface area contributed by atoms with Gasteiger partial charge in [-0.2, -0.15) is 0 Å². The molecule has 2 aromatic rings. The van der Waals surface area contributed by atoms with Gasteiger partial charge in [0.15, 0.2) is 17.3 Å². The summed E-state index contributed by atoms with van der Waals surface area (Å²) in [5.74, 6) is 0.251. The second kappa shape index (κ2) is 14.2. The Balaban J connectivity index is 1.24. The van der Waals surface area contributed by atoms with Crippen LogP contribution in [0.5, 0.6) is 0 Å². The van der Waals surface area contributed by atoms with Crippen molar-refractivity contribution < 1.29 is 14.3 Å². The molecule has 5 rings (SSSR count). The Kier molecular flexibility index (Phi) is 10.3. The molecule has 3 fully saturated rings. The Morgan fingerprint density at radius 3 is 2.27 bits per heavy atom. The molecule has 246 valence electrons. The lowest BCUT2D eigenvalue weighted by atomic mass is 10.0. The van der Waals surface area contributed by atoms with Crippen LogP contribution in [0, 0.1) is 0 Å². The number of ether oxygens (including phenoxy) is 1. The standard InChI is InChI=1S/C33H51N9O3/c1-6-27-30(36-24-8-7-15-42(22-24)32(44)45-33(2,3)4)38-31(28(37-27)29(34)43)35-23-9-11-25(12-10-23)40-18-20-41(21-19-40)26-13-16-39(5)17-14-26/h9-12,24,26H,6-8,13-22H2,1-5H3,(H2,34,43)(H2,35,36,38)/t24-/m1/s1. The summed E-state index contributed by atoms with van der Waals surface area (Å²) in [4.78, 5) is 43.8. The van der Waals surface area contributed by atoms with Gasteiger partial charge in [0.2, 0.25) is 0 Å². The molecule has 0 unspecified atom stereocenters. The highest BCUT2D eigenvalue weighted by molar-refractivity contribution is 5.96. The van der Waals surface area contributed by atoms with E-state index in [1.807, 2.05) is 39.8 Å². The molecule has 4 heterocycles. The topological polar surface area (TPSA) is 132 Å². The molecule has 12 heteroatoms. The normalized spacial score (nSPS) is 20.6. The van der Waals surface area contributed by atoms with Crippen molar-refractivity contribution in [2.45, 2.75) is 77.5 Å². The van der Waals surface area contributed by atoms with Crippen molar-refractivity contribution in [1.82, 2.24) is 24.7 Å². The minimum absolute atomic E-state index is 0.0302. The summed E-state index contributed by atoms with van der Waals surface area (Å²) in [6, 6.07) is 8.90. The minimum atomic E-state index is -0.640. The maximum atomic E-state index is 12.7. The molecule has 4 N–H and O–H groups in total. The van der Waals surface area contributed by atoms with E-state index in [4.69, 9.17) is 15.5 Å². The molecule has 3 aliphatic heterocycles. The number of piperazine rings is 1. The first-order valence-electron chi connectivity index (χ1n) is 16.5. The third-order valence-electron chi connectivity index (χ3n) is 8.96. The number of aromatic nitrogens is 2. The van der Waals surface area contributed by atoms with Gasteiger partial charge >= 0.3 is 6.09 Å². The number of hydrogen-bond acceptors (Lipinski definition) is 10. The number of anilines is 4. The minimum Gasteiger partial charge on any atom is -0.444 e. The summed E-state index contributed by atoms with van der Waals surface area (Å²) in [5.41, 5.74) is 7.93. The number of piperidine rings is 2. The fraction of sp³-hybridized carbons (Fsp3) is 0.636. The first kappa shape index (κ1) is 32.7. The first-order valence-corrected chi connectivity index (χ1v) is 16.5. The maximum absolute atomic E-state index is 12.7. The van der Waals surface area contributed by atoms with Crippen molar-refractivity contribution in [1.29, 1.82) is 0 Å². The second-order valence-corrected chi connectivity index (χ2v) is 13.6. The molecule has 3 aliphatic rings. The average Bonchev–Trinajstić information content (AvgIpc) is 3.01. The van der Waals surface area contributed by atoms with Crippen LogP contribution in [-0.2, 0) is 11.2 Å². The highest BCUT2D eigenvalue weighted by Crippen LogP contribution is 2.27. The first-order chi connectivity index (χ1) is 21.5. The lowest BCUT2D eigenvalue weighted by Gasteiger charge is -2.42. The maximum Gasteiger partial charge on any atom is 0.410 e. The van der Waals surface area contributed by atoms with Gasteiger partial charge in [0, 0.05) is 62.7 Å². The van der Waals surface area contributed by atoms with E-state index in [1.54, 1.807) is 4.90 Å². The summed E-state index contributed by atoms with van der Waals surface area (Å²) in [6.07, 6.45) is 4.49. The van der Waals surface area contributed by atoms with Gasteiger partial charge in [-0.15, -0.1) is 0 Å². The van der Waals surface area contributed by atoms with Crippen LogP contribution in [0.4, 0.5) is 27.8 Å². The number of hydrogen-bond donors (Lipinski definition) is 3. The van der Waals surface area contributed by atoms with Crippen LogP contribution < -0.4 is 21.3 Å². The summed E-state index contributed by atoms with van der Waals surface area (Å²) >= 11 is 0. The summed E-state index contributed by atoms with van der Waals surface area (Å²) in [7, 11) is 2.21. The Labute approximate surface area is 267 Å². The van der Waals surface area contributed by atoms with Crippen LogP contribution in [0.1, 0.15) is 69.6 Å². The van der Waals surface area contributed by atoms with Crippen molar-refractivity contribution >= 4 is 35.0 Å². The Morgan fingerprint density at radius 1 is 0.956 bits per heavy atom. The van der Waals surface area contributed by atoms with Gasteiger partial charge in [-0.1, -0.05) is 6.92 Å². The van der Waals surface area contributed by atoms with Gasteiger partial charge in [-0.25, -0.2) is 14.8 Å². The molecule has 1 aromatic carbocycles. The molecule has 12 nitrogen and oxygen atoms in total. The monoisotopic (exact) mass is 621 g/mol. The molecule has 1 atom stereocenters. The van der Waals surface area contributed by atoms with Crippen LogP contribution in [0.3, 0.4) is 0 Å². The van der Waals surface area contributed by atoms with Gasteiger partial charge in [0.1, 0.15) is 5.60 Å².